The normalized spacial score (nSPS) is 14.5. The lowest BCUT2D eigenvalue weighted by Gasteiger charge is -1.93. The van der Waals surface area contributed by atoms with Crippen LogP contribution in [0.3, 0.4) is 0 Å². The molecule has 1 aromatic heterocycles. The largest absolute Gasteiger partial charge is 0.365 e. The summed E-state index contributed by atoms with van der Waals surface area (Å²) in [5.41, 5.74) is 0.837. The molecule has 4 nitrogen and oxygen atoms in total. The van der Waals surface area contributed by atoms with Crippen LogP contribution >= 0.6 is 0 Å². The maximum atomic E-state index is 10.8. The molecular weight excluding hydrogens is 204 g/mol. The van der Waals surface area contributed by atoms with Crippen molar-refractivity contribution in [1.29, 1.82) is 0 Å². The summed E-state index contributed by atoms with van der Waals surface area (Å²) in [6, 6.07) is 11.0. The standard InChI is InChI=1S/C9H7NO.C3H7NO/c11-9-6-5-7-3-1-2-4-8(7)10-9;1-2-5-3-4-1/h1-6H,(H,10,11);4H,1-3H2. The molecule has 3 rings (SSSR count). The number of pyridine rings is 1. The first-order valence-electron chi connectivity index (χ1n) is 5.23. The van der Waals surface area contributed by atoms with E-state index in [1.807, 2.05) is 30.3 Å². The fraction of sp³-hybridized carbons (Fsp3) is 0.250. The zero-order chi connectivity index (χ0) is 11.2. The first kappa shape index (κ1) is 10.9. The number of nitrogens with one attached hydrogen (secondary N) is 2. The monoisotopic (exact) mass is 218 g/mol. The van der Waals surface area contributed by atoms with E-state index in [2.05, 4.69) is 10.3 Å². The van der Waals surface area contributed by atoms with Gasteiger partial charge in [-0.3, -0.25) is 10.1 Å². The van der Waals surface area contributed by atoms with E-state index in [0.29, 0.717) is 0 Å². The zero-order valence-corrected chi connectivity index (χ0v) is 8.90. The predicted molar refractivity (Wildman–Crippen MR) is 63.4 cm³/mol. The topological polar surface area (TPSA) is 54.1 Å². The van der Waals surface area contributed by atoms with Crippen molar-refractivity contribution < 1.29 is 4.74 Å². The molecule has 2 aromatic rings. The van der Waals surface area contributed by atoms with E-state index >= 15 is 0 Å². The highest BCUT2D eigenvalue weighted by molar-refractivity contribution is 5.77. The number of aromatic nitrogens is 1. The van der Waals surface area contributed by atoms with Crippen molar-refractivity contribution in [3.63, 3.8) is 0 Å². The predicted octanol–water partition coefficient (Wildman–Crippen LogP) is 1.09. The van der Waals surface area contributed by atoms with Gasteiger partial charge < -0.3 is 9.72 Å². The number of H-pyrrole nitrogens is 1. The zero-order valence-electron chi connectivity index (χ0n) is 8.90. The smallest absolute Gasteiger partial charge is 0.248 e. The molecule has 1 aliphatic rings. The van der Waals surface area contributed by atoms with Crippen molar-refractivity contribution in [2.45, 2.75) is 0 Å². The van der Waals surface area contributed by atoms with Crippen LogP contribution in [0, 0.1) is 0 Å². The minimum absolute atomic E-state index is 0.0521. The van der Waals surface area contributed by atoms with Crippen molar-refractivity contribution in [1.82, 2.24) is 10.3 Å². The Morgan fingerprint density at radius 2 is 2.00 bits per heavy atom. The van der Waals surface area contributed by atoms with Crippen LogP contribution in [0.2, 0.25) is 0 Å². The van der Waals surface area contributed by atoms with Crippen molar-refractivity contribution >= 4 is 10.9 Å². The van der Waals surface area contributed by atoms with Crippen molar-refractivity contribution in [2.24, 2.45) is 0 Å². The Hall–Kier alpha value is -1.65. The molecule has 0 spiro atoms. The number of benzene rings is 1. The van der Waals surface area contributed by atoms with Crippen LogP contribution in [0.1, 0.15) is 0 Å². The van der Waals surface area contributed by atoms with Crippen LogP contribution in [0.4, 0.5) is 0 Å². The highest BCUT2D eigenvalue weighted by Crippen LogP contribution is 2.06. The Balaban J connectivity index is 0.000000162. The second-order valence-corrected chi connectivity index (χ2v) is 3.46. The van der Waals surface area contributed by atoms with E-state index < -0.39 is 0 Å². The van der Waals surface area contributed by atoms with Gasteiger partial charge >= 0.3 is 0 Å². The van der Waals surface area contributed by atoms with E-state index in [1.165, 1.54) is 6.07 Å². The number of fused-ring (bicyclic) bond motifs is 1. The van der Waals surface area contributed by atoms with E-state index in [9.17, 15) is 4.79 Å². The van der Waals surface area contributed by atoms with Crippen molar-refractivity contribution in [2.75, 3.05) is 19.9 Å². The number of aromatic amines is 1. The summed E-state index contributed by atoms with van der Waals surface area (Å²) >= 11 is 0. The first-order valence-corrected chi connectivity index (χ1v) is 5.23. The second-order valence-electron chi connectivity index (χ2n) is 3.46. The van der Waals surface area contributed by atoms with Crippen LogP contribution in [-0.2, 0) is 4.74 Å². The van der Waals surface area contributed by atoms with Gasteiger partial charge in [-0.15, -0.1) is 0 Å². The summed E-state index contributed by atoms with van der Waals surface area (Å²) in [6.45, 7) is 2.67. The molecule has 2 heterocycles. The van der Waals surface area contributed by atoms with Gasteiger partial charge in [0.1, 0.15) is 0 Å². The minimum atomic E-state index is -0.0521. The number of hydrogen-bond donors (Lipinski definition) is 2. The molecule has 0 aliphatic carbocycles. The van der Waals surface area contributed by atoms with Crippen molar-refractivity contribution in [3.8, 4) is 0 Å². The molecule has 0 saturated carbocycles. The number of rotatable bonds is 0. The Bertz CT molecular complexity index is 496. The lowest BCUT2D eigenvalue weighted by atomic mass is 10.2. The Morgan fingerprint density at radius 1 is 1.12 bits per heavy atom. The Kier molecular flexibility index (Phi) is 3.69. The van der Waals surface area contributed by atoms with Gasteiger partial charge in [-0.1, -0.05) is 18.2 Å². The molecule has 0 bridgehead atoms. The summed E-state index contributed by atoms with van der Waals surface area (Å²) in [6.07, 6.45) is 0. The van der Waals surface area contributed by atoms with Gasteiger partial charge in [-0.2, -0.15) is 0 Å². The summed E-state index contributed by atoms with van der Waals surface area (Å²) in [5.74, 6) is 0. The average Bonchev–Trinajstić information content (AvgIpc) is 2.87. The molecule has 1 aliphatic heterocycles. The van der Waals surface area contributed by atoms with Gasteiger partial charge in [0.2, 0.25) is 5.56 Å². The molecule has 0 atom stereocenters. The highest BCUT2D eigenvalue weighted by atomic mass is 16.5. The molecule has 0 amide bonds. The SMILES string of the molecule is C1COCN1.O=c1ccc2ccccc2[nH]1. The Labute approximate surface area is 93.3 Å². The first-order chi connectivity index (χ1) is 7.86. The third kappa shape index (κ3) is 2.92. The second kappa shape index (κ2) is 5.44. The van der Waals surface area contributed by atoms with E-state index in [1.54, 1.807) is 0 Å². The van der Waals surface area contributed by atoms with Gasteiger partial charge in [-0.05, 0) is 17.5 Å². The lowest BCUT2D eigenvalue weighted by Crippen LogP contribution is -2.05. The van der Waals surface area contributed by atoms with Gasteiger partial charge in [0.25, 0.3) is 0 Å². The Morgan fingerprint density at radius 3 is 2.69 bits per heavy atom. The van der Waals surface area contributed by atoms with E-state index in [0.717, 1.165) is 30.8 Å². The average molecular weight is 218 g/mol. The van der Waals surface area contributed by atoms with Gasteiger partial charge in [0, 0.05) is 18.1 Å². The lowest BCUT2D eigenvalue weighted by molar-refractivity contribution is 0.194. The fourth-order valence-corrected chi connectivity index (χ4v) is 1.46. The maximum Gasteiger partial charge on any atom is 0.248 e. The van der Waals surface area contributed by atoms with E-state index in [4.69, 9.17) is 4.74 Å². The molecule has 1 aromatic carbocycles. The fourth-order valence-electron chi connectivity index (χ4n) is 1.46. The molecule has 0 radical (unpaired) electrons. The maximum absolute atomic E-state index is 10.8. The third-order valence-corrected chi connectivity index (χ3v) is 2.26. The molecular formula is C12H14N2O2. The molecule has 84 valence electrons. The van der Waals surface area contributed by atoms with E-state index in [-0.39, 0.29) is 5.56 Å². The summed E-state index contributed by atoms with van der Waals surface area (Å²) < 4.78 is 4.83. The molecule has 0 unspecified atom stereocenters. The number of ether oxygens (including phenoxy) is 1. The molecule has 16 heavy (non-hydrogen) atoms. The molecule has 1 saturated heterocycles. The quantitative estimate of drug-likeness (QED) is 0.696. The molecule has 2 N–H and O–H groups in total. The van der Waals surface area contributed by atoms with Crippen LogP contribution in [0.15, 0.2) is 41.2 Å². The van der Waals surface area contributed by atoms with Gasteiger partial charge in [0.05, 0.1) is 13.3 Å². The number of para-hydroxylation sites is 1. The van der Waals surface area contributed by atoms with Crippen molar-refractivity contribution in [3.05, 3.63) is 46.8 Å². The summed E-state index contributed by atoms with van der Waals surface area (Å²) in [4.78, 5) is 13.6. The van der Waals surface area contributed by atoms with Gasteiger partial charge in [0.15, 0.2) is 0 Å². The molecule has 4 heteroatoms. The third-order valence-electron chi connectivity index (χ3n) is 2.26. The van der Waals surface area contributed by atoms with Crippen LogP contribution in [0.25, 0.3) is 10.9 Å². The minimum Gasteiger partial charge on any atom is -0.365 e. The van der Waals surface area contributed by atoms with Crippen LogP contribution < -0.4 is 10.9 Å². The van der Waals surface area contributed by atoms with Gasteiger partial charge in [-0.25, -0.2) is 0 Å². The van der Waals surface area contributed by atoms with Crippen LogP contribution in [0.5, 0.6) is 0 Å². The summed E-state index contributed by atoms with van der Waals surface area (Å²) in [5, 5.41) is 4.06. The number of hydrogen-bond acceptors (Lipinski definition) is 3. The summed E-state index contributed by atoms with van der Waals surface area (Å²) in [7, 11) is 0. The molecule has 1 fully saturated rings. The van der Waals surface area contributed by atoms with Crippen LogP contribution in [-0.4, -0.2) is 24.9 Å². The highest BCUT2D eigenvalue weighted by Gasteiger charge is 1.92.